The third-order valence-corrected chi connectivity index (χ3v) is 4.72. The van der Waals surface area contributed by atoms with Crippen LogP contribution in [-0.2, 0) is 11.2 Å². The molecule has 2 aromatic carbocycles. The van der Waals surface area contributed by atoms with Crippen molar-refractivity contribution in [2.45, 2.75) is 19.3 Å². The molecule has 4 rings (SSSR count). The van der Waals surface area contributed by atoms with Gasteiger partial charge in [-0.2, -0.15) is 0 Å². The highest BCUT2D eigenvalue weighted by atomic mass is 16.3. The number of likely N-dealkylation sites (tertiary alicyclic amines) is 1. The molecular weight excluding hydrogens is 354 g/mol. The SMILES string of the molecule is O=C(Cc1coc(-c2ccccc2)n1)Nc1ccc(C(=O)N2CCCC2)cc1. The van der Waals surface area contributed by atoms with Crippen molar-refractivity contribution in [1.82, 2.24) is 9.88 Å². The van der Waals surface area contributed by atoms with Crippen LogP contribution in [0.25, 0.3) is 11.5 Å². The number of amides is 2. The molecule has 142 valence electrons. The largest absolute Gasteiger partial charge is 0.444 e. The van der Waals surface area contributed by atoms with Crippen molar-refractivity contribution < 1.29 is 14.0 Å². The van der Waals surface area contributed by atoms with E-state index in [2.05, 4.69) is 10.3 Å². The van der Waals surface area contributed by atoms with E-state index in [1.54, 1.807) is 24.3 Å². The number of carbonyl (C=O) groups excluding carboxylic acids is 2. The molecule has 1 aliphatic rings. The number of anilines is 1. The highest BCUT2D eigenvalue weighted by Gasteiger charge is 2.19. The van der Waals surface area contributed by atoms with Crippen molar-refractivity contribution in [3.63, 3.8) is 0 Å². The summed E-state index contributed by atoms with van der Waals surface area (Å²) >= 11 is 0. The first-order valence-corrected chi connectivity index (χ1v) is 9.38. The minimum absolute atomic E-state index is 0.0476. The van der Waals surface area contributed by atoms with Gasteiger partial charge in [-0.15, -0.1) is 0 Å². The van der Waals surface area contributed by atoms with Gasteiger partial charge in [0.05, 0.1) is 12.1 Å². The van der Waals surface area contributed by atoms with Crippen LogP contribution in [0.3, 0.4) is 0 Å². The maximum atomic E-state index is 12.4. The van der Waals surface area contributed by atoms with Crippen LogP contribution in [-0.4, -0.2) is 34.8 Å². The molecule has 2 amide bonds. The van der Waals surface area contributed by atoms with Crippen LogP contribution >= 0.6 is 0 Å². The minimum atomic E-state index is -0.188. The molecule has 0 unspecified atom stereocenters. The number of nitrogens with one attached hydrogen (secondary N) is 1. The van der Waals surface area contributed by atoms with Gasteiger partial charge in [0.25, 0.3) is 5.91 Å². The lowest BCUT2D eigenvalue weighted by atomic mass is 10.2. The molecule has 1 saturated heterocycles. The predicted molar refractivity (Wildman–Crippen MR) is 106 cm³/mol. The van der Waals surface area contributed by atoms with Crippen LogP contribution in [0.2, 0.25) is 0 Å². The highest BCUT2D eigenvalue weighted by Crippen LogP contribution is 2.19. The number of hydrogen-bond acceptors (Lipinski definition) is 4. The van der Waals surface area contributed by atoms with Gasteiger partial charge >= 0.3 is 0 Å². The second-order valence-corrected chi connectivity index (χ2v) is 6.81. The fraction of sp³-hybridized carbons (Fsp3) is 0.227. The van der Waals surface area contributed by atoms with Crippen molar-refractivity contribution in [3.05, 3.63) is 72.1 Å². The van der Waals surface area contributed by atoms with Gasteiger partial charge in [0.15, 0.2) is 0 Å². The zero-order valence-corrected chi connectivity index (χ0v) is 15.4. The lowest BCUT2D eigenvalue weighted by Crippen LogP contribution is -2.27. The van der Waals surface area contributed by atoms with Crippen molar-refractivity contribution in [3.8, 4) is 11.5 Å². The second-order valence-electron chi connectivity index (χ2n) is 6.81. The lowest BCUT2D eigenvalue weighted by molar-refractivity contribution is -0.115. The zero-order chi connectivity index (χ0) is 19.3. The summed E-state index contributed by atoms with van der Waals surface area (Å²) in [4.78, 5) is 30.9. The van der Waals surface area contributed by atoms with E-state index in [4.69, 9.17) is 4.42 Å². The molecule has 0 saturated carbocycles. The van der Waals surface area contributed by atoms with Gasteiger partial charge in [0.1, 0.15) is 6.26 Å². The van der Waals surface area contributed by atoms with E-state index in [-0.39, 0.29) is 18.2 Å². The Morgan fingerprint density at radius 2 is 1.71 bits per heavy atom. The van der Waals surface area contributed by atoms with Crippen LogP contribution in [0.1, 0.15) is 28.9 Å². The molecule has 6 nitrogen and oxygen atoms in total. The molecule has 0 bridgehead atoms. The number of carbonyl (C=O) groups is 2. The van der Waals surface area contributed by atoms with Gasteiger partial charge in [0.2, 0.25) is 11.8 Å². The Bertz CT molecular complexity index is 958. The molecule has 0 radical (unpaired) electrons. The first-order chi connectivity index (χ1) is 13.7. The van der Waals surface area contributed by atoms with Crippen molar-refractivity contribution in [2.24, 2.45) is 0 Å². The van der Waals surface area contributed by atoms with E-state index in [0.29, 0.717) is 22.8 Å². The molecule has 1 aliphatic heterocycles. The maximum Gasteiger partial charge on any atom is 0.253 e. The molecule has 1 fully saturated rings. The van der Waals surface area contributed by atoms with Crippen LogP contribution in [0.5, 0.6) is 0 Å². The first-order valence-electron chi connectivity index (χ1n) is 9.38. The number of nitrogens with zero attached hydrogens (tertiary/aromatic N) is 2. The van der Waals surface area contributed by atoms with Gasteiger partial charge in [-0.05, 0) is 49.2 Å². The Labute approximate surface area is 163 Å². The quantitative estimate of drug-likeness (QED) is 0.737. The molecule has 0 atom stereocenters. The van der Waals surface area contributed by atoms with Gasteiger partial charge in [0, 0.05) is 29.9 Å². The Kier molecular flexibility index (Phi) is 5.19. The number of oxazole rings is 1. The van der Waals surface area contributed by atoms with Crippen molar-refractivity contribution >= 4 is 17.5 Å². The second kappa shape index (κ2) is 8.08. The van der Waals surface area contributed by atoms with E-state index in [1.807, 2.05) is 35.2 Å². The highest BCUT2D eigenvalue weighted by molar-refractivity contribution is 5.96. The van der Waals surface area contributed by atoms with Crippen molar-refractivity contribution in [1.29, 1.82) is 0 Å². The number of hydrogen-bond donors (Lipinski definition) is 1. The fourth-order valence-electron chi connectivity index (χ4n) is 3.27. The van der Waals surface area contributed by atoms with E-state index >= 15 is 0 Å². The summed E-state index contributed by atoms with van der Waals surface area (Å²) < 4.78 is 5.46. The van der Waals surface area contributed by atoms with Gasteiger partial charge in [-0.3, -0.25) is 9.59 Å². The van der Waals surface area contributed by atoms with Gasteiger partial charge in [-0.1, -0.05) is 18.2 Å². The Balaban J connectivity index is 1.35. The van der Waals surface area contributed by atoms with Gasteiger partial charge in [-0.25, -0.2) is 4.98 Å². The van der Waals surface area contributed by atoms with E-state index < -0.39 is 0 Å². The predicted octanol–water partition coefficient (Wildman–Crippen LogP) is 3.76. The van der Waals surface area contributed by atoms with Gasteiger partial charge < -0.3 is 14.6 Å². The van der Waals surface area contributed by atoms with Crippen LogP contribution in [0, 0.1) is 0 Å². The molecule has 3 aromatic rings. The summed E-state index contributed by atoms with van der Waals surface area (Å²) in [5.74, 6) is 0.353. The molecule has 2 heterocycles. The van der Waals surface area contributed by atoms with Crippen molar-refractivity contribution in [2.75, 3.05) is 18.4 Å². The third kappa shape index (κ3) is 4.11. The lowest BCUT2D eigenvalue weighted by Gasteiger charge is -2.15. The topological polar surface area (TPSA) is 75.4 Å². The fourth-order valence-corrected chi connectivity index (χ4v) is 3.27. The van der Waals surface area contributed by atoms with E-state index in [9.17, 15) is 9.59 Å². The third-order valence-electron chi connectivity index (χ3n) is 4.72. The Morgan fingerprint density at radius 3 is 2.43 bits per heavy atom. The Morgan fingerprint density at radius 1 is 1.00 bits per heavy atom. The zero-order valence-electron chi connectivity index (χ0n) is 15.4. The summed E-state index contributed by atoms with van der Waals surface area (Å²) in [7, 11) is 0. The minimum Gasteiger partial charge on any atom is -0.444 e. The standard InChI is InChI=1S/C22H21N3O3/c26-20(14-19-15-28-21(24-19)16-6-2-1-3-7-16)23-18-10-8-17(9-11-18)22(27)25-12-4-5-13-25/h1-3,6-11,15H,4-5,12-14H2,(H,23,26). The molecule has 0 spiro atoms. The maximum absolute atomic E-state index is 12.4. The smallest absolute Gasteiger partial charge is 0.253 e. The van der Waals surface area contributed by atoms with E-state index in [1.165, 1.54) is 6.26 Å². The molecule has 1 N–H and O–H groups in total. The summed E-state index contributed by atoms with van der Waals surface area (Å²) in [6, 6.07) is 16.5. The monoisotopic (exact) mass is 375 g/mol. The number of benzene rings is 2. The normalized spacial score (nSPS) is 13.5. The summed E-state index contributed by atoms with van der Waals surface area (Å²) in [6.07, 6.45) is 3.74. The average Bonchev–Trinajstić information content (AvgIpc) is 3.41. The molecule has 28 heavy (non-hydrogen) atoms. The summed E-state index contributed by atoms with van der Waals surface area (Å²) in [5, 5.41) is 2.83. The summed E-state index contributed by atoms with van der Waals surface area (Å²) in [6.45, 7) is 1.64. The first kappa shape index (κ1) is 18.0. The molecule has 6 heteroatoms. The van der Waals surface area contributed by atoms with E-state index in [0.717, 1.165) is 31.5 Å². The average molecular weight is 375 g/mol. The number of aromatic nitrogens is 1. The van der Waals surface area contributed by atoms with Crippen LogP contribution in [0.4, 0.5) is 5.69 Å². The Hall–Kier alpha value is -3.41. The molecule has 1 aromatic heterocycles. The summed E-state index contributed by atoms with van der Waals surface area (Å²) in [5.41, 5.74) is 2.73. The van der Waals surface area contributed by atoms with Crippen LogP contribution in [0.15, 0.2) is 65.3 Å². The number of rotatable bonds is 5. The van der Waals surface area contributed by atoms with Crippen LogP contribution < -0.4 is 5.32 Å². The molecule has 0 aliphatic carbocycles. The molecular formula is C22H21N3O3.